The lowest BCUT2D eigenvalue weighted by atomic mass is 10.2. The van der Waals surface area contributed by atoms with E-state index in [-0.39, 0.29) is 11.7 Å². The molecule has 1 heterocycles. The van der Waals surface area contributed by atoms with Crippen LogP contribution in [0.5, 0.6) is 0 Å². The van der Waals surface area contributed by atoms with E-state index in [1.165, 1.54) is 11.8 Å². The normalized spacial score (nSPS) is 10.6. The van der Waals surface area contributed by atoms with Gasteiger partial charge >= 0.3 is 0 Å². The van der Waals surface area contributed by atoms with Gasteiger partial charge in [-0.1, -0.05) is 42.1 Å². The summed E-state index contributed by atoms with van der Waals surface area (Å²) < 4.78 is 1.91. The fraction of sp³-hybridized carbons (Fsp3) is 0.167. The first kappa shape index (κ1) is 17.6. The number of nitrogens with one attached hydrogen (secondary N) is 1. The maximum Gasteiger partial charge on any atom is 0.234 e. The molecular formula is C18H18N4OS2. The molecule has 25 heavy (non-hydrogen) atoms. The van der Waals surface area contributed by atoms with Crippen molar-refractivity contribution in [1.82, 2.24) is 14.8 Å². The molecule has 0 bridgehead atoms. The summed E-state index contributed by atoms with van der Waals surface area (Å²) in [7, 11) is 0. The third-order valence-electron chi connectivity index (χ3n) is 3.60. The Labute approximate surface area is 155 Å². The van der Waals surface area contributed by atoms with Crippen LogP contribution in [-0.4, -0.2) is 32.7 Å². The summed E-state index contributed by atoms with van der Waals surface area (Å²) in [5.41, 5.74) is 2.98. The minimum Gasteiger partial charge on any atom is -0.324 e. The Bertz CT molecular complexity index is 879. The van der Waals surface area contributed by atoms with E-state index in [9.17, 15) is 4.79 Å². The van der Waals surface area contributed by atoms with Gasteiger partial charge in [0.05, 0.1) is 17.1 Å². The third kappa shape index (κ3) is 4.24. The number of hydrogen-bond donors (Lipinski definition) is 1. The summed E-state index contributed by atoms with van der Waals surface area (Å²) in [4.78, 5) is 13.3. The van der Waals surface area contributed by atoms with Crippen LogP contribution in [0.25, 0.3) is 5.69 Å². The van der Waals surface area contributed by atoms with Gasteiger partial charge in [0.1, 0.15) is 6.33 Å². The molecule has 0 fully saturated rings. The average molecular weight is 371 g/mol. The highest BCUT2D eigenvalue weighted by atomic mass is 32.2. The van der Waals surface area contributed by atoms with Crippen LogP contribution < -0.4 is 5.32 Å². The highest BCUT2D eigenvalue weighted by Gasteiger charge is 2.12. The number of amides is 1. The largest absolute Gasteiger partial charge is 0.324 e. The number of thioether (sulfide) groups is 2. The first-order valence-corrected chi connectivity index (χ1v) is 9.92. The molecule has 0 spiro atoms. The monoisotopic (exact) mass is 370 g/mol. The van der Waals surface area contributed by atoms with Crippen molar-refractivity contribution >= 4 is 35.1 Å². The minimum atomic E-state index is -0.0640. The maximum atomic E-state index is 12.3. The second-order valence-electron chi connectivity index (χ2n) is 5.31. The standard InChI is InChI=1S/C18H18N4OS2/c1-13-7-3-5-9-15(13)22-12-19-21-18(22)25-11-17(23)20-14-8-4-6-10-16(14)24-2/h3-10,12H,11H2,1-2H3,(H,20,23). The number of rotatable bonds is 6. The number of aryl methyl sites for hydroxylation is 1. The van der Waals surface area contributed by atoms with E-state index in [1.54, 1.807) is 18.1 Å². The molecule has 2 aromatic carbocycles. The van der Waals surface area contributed by atoms with Crippen molar-refractivity contribution in [2.24, 2.45) is 0 Å². The molecule has 0 atom stereocenters. The third-order valence-corrected chi connectivity index (χ3v) is 5.34. The topological polar surface area (TPSA) is 59.8 Å². The van der Waals surface area contributed by atoms with Crippen LogP contribution in [0, 0.1) is 6.92 Å². The zero-order valence-electron chi connectivity index (χ0n) is 14.0. The fourth-order valence-electron chi connectivity index (χ4n) is 2.39. The highest BCUT2D eigenvalue weighted by molar-refractivity contribution is 7.99. The molecular weight excluding hydrogens is 352 g/mol. The second kappa shape index (κ2) is 8.22. The summed E-state index contributed by atoms with van der Waals surface area (Å²) in [5.74, 6) is 0.207. The van der Waals surface area contributed by atoms with Gasteiger partial charge in [0.15, 0.2) is 5.16 Å². The number of aromatic nitrogens is 3. The van der Waals surface area contributed by atoms with Gasteiger partial charge in [-0.25, -0.2) is 0 Å². The van der Waals surface area contributed by atoms with Crippen molar-refractivity contribution in [2.75, 3.05) is 17.3 Å². The average Bonchev–Trinajstić information content (AvgIpc) is 3.09. The Morgan fingerprint density at radius 2 is 1.92 bits per heavy atom. The van der Waals surface area contributed by atoms with Crippen LogP contribution in [0.4, 0.5) is 5.69 Å². The van der Waals surface area contributed by atoms with E-state index in [4.69, 9.17) is 0 Å². The molecule has 1 amide bonds. The molecule has 0 aliphatic rings. The Morgan fingerprint density at radius 1 is 1.16 bits per heavy atom. The Hall–Kier alpha value is -2.25. The zero-order chi connectivity index (χ0) is 17.6. The zero-order valence-corrected chi connectivity index (χ0v) is 15.6. The highest BCUT2D eigenvalue weighted by Crippen LogP contribution is 2.26. The van der Waals surface area contributed by atoms with E-state index in [1.807, 2.05) is 66.3 Å². The van der Waals surface area contributed by atoms with Gasteiger partial charge < -0.3 is 5.32 Å². The van der Waals surface area contributed by atoms with Crippen LogP contribution in [0.3, 0.4) is 0 Å². The number of nitrogens with zero attached hydrogens (tertiary/aromatic N) is 3. The smallest absolute Gasteiger partial charge is 0.234 e. The molecule has 1 N–H and O–H groups in total. The molecule has 7 heteroatoms. The number of benzene rings is 2. The molecule has 128 valence electrons. The van der Waals surface area contributed by atoms with Crippen LogP contribution in [0.15, 0.2) is 64.9 Å². The Balaban J connectivity index is 1.68. The molecule has 1 aromatic heterocycles. The molecule has 0 saturated carbocycles. The summed E-state index contributed by atoms with van der Waals surface area (Å²) in [6.07, 6.45) is 3.66. The van der Waals surface area contributed by atoms with E-state index in [2.05, 4.69) is 15.5 Å². The number of para-hydroxylation sites is 2. The Morgan fingerprint density at radius 3 is 2.72 bits per heavy atom. The second-order valence-corrected chi connectivity index (χ2v) is 7.10. The number of hydrogen-bond acceptors (Lipinski definition) is 5. The quantitative estimate of drug-likeness (QED) is 0.664. The summed E-state index contributed by atoms with van der Waals surface area (Å²) in [6.45, 7) is 2.04. The fourth-order valence-corrected chi connectivity index (χ4v) is 3.66. The van der Waals surface area contributed by atoms with E-state index >= 15 is 0 Å². The molecule has 0 aliphatic carbocycles. The number of carbonyl (C=O) groups is 1. The van der Waals surface area contributed by atoms with Gasteiger partial charge in [0, 0.05) is 4.90 Å². The molecule has 0 aliphatic heterocycles. The molecule has 3 aromatic rings. The minimum absolute atomic E-state index is 0.0640. The molecule has 3 rings (SSSR count). The van der Waals surface area contributed by atoms with Gasteiger partial charge in [-0.2, -0.15) is 0 Å². The van der Waals surface area contributed by atoms with Gasteiger partial charge in [0.2, 0.25) is 5.91 Å². The lowest BCUT2D eigenvalue weighted by molar-refractivity contribution is -0.113. The van der Waals surface area contributed by atoms with Crippen LogP contribution in [0.2, 0.25) is 0 Å². The van der Waals surface area contributed by atoms with Crippen molar-refractivity contribution in [1.29, 1.82) is 0 Å². The lowest BCUT2D eigenvalue weighted by Crippen LogP contribution is -2.15. The van der Waals surface area contributed by atoms with Crippen molar-refractivity contribution in [3.05, 3.63) is 60.4 Å². The van der Waals surface area contributed by atoms with E-state index in [0.717, 1.165) is 21.8 Å². The summed E-state index contributed by atoms with van der Waals surface area (Å²) in [6, 6.07) is 15.8. The molecule has 5 nitrogen and oxygen atoms in total. The number of anilines is 1. The summed E-state index contributed by atoms with van der Waals surface area (Å²) >= 11 is 2.98. The first-order chi connectivity index (χ1) is 12.2. The van der Waals surface area contributed by atoms with Crippen molar-refractivity contribution in [3.8, 4) is 5.69 Å². The molecule has 0 saturated heterocycles. The lowest BCUT2D eigenvalue weighted by Gasteiger charge is -2.10. The molecule has 0 radical (unpaired) electrons. The van der Waals surface area contributed by atoms with Crippen molar-refractivity contribution in [3.63, 3.8) is 0 Å². The van der Waals surface area contributed by atoms with E-state index in [0.29, 0.717) is 5.16 Å². The van der Waals surface area contributed by atoms with E-state index < -0.39 is 0 Å². The summed E-state index contributed by atoms with van der Waals surface area (Å²) in [5, 5.41) is 11.8. The van der Waals surface area contributed by atoms with Crippen LogP contribution in [0.1, 0.15) is 5.56 Å². The SMILES string of the molecule is CSc1ccccc1NC(=O)CSc1nncn1-c1ccccc1C. The van der Waals surface area contributed by atoms with Crippen molar-refractivity contribution < 1.29 is 4.79 Å². The predicted octanol–water partition coefficient (Wildman–Crippen LogP) is 4.03. The predicted molar refractivity (Wildman–Crippen MR) is 104 cm³/mol. The van der Waals surface area contributed by atoms with Gasteiger partial charge in [-0.3, -0.25) is 9.36 Å². The maximum absolute atomic E-state index is 12.3. The van der Waals surface area contributed by atoms with Gasteiger partial charge in [0.25, 0.3) is 0 Å². The van der Waals surface area contributed by atoms with Crippen LogP contribution in [-0.2, 0) is 4.79 Å². The van der Waals surface area contributed by atoms with Gasteiger partial charge in [-0.05, 0) is 36.9 Å². The Kier molecular flexibility index (Phi) is 5.78. The molecule has 0 unspecified atom stereocenters. The van der Waals surface area contributed by atoms with Crippen molar-refractivity contribution in [2.45, 2.75) is 17.0 Å². The number of carbonyl (C=O) groups excluding carboxylic acids is 1. The first-order valence-electron chi connectivity index (χ1n) is 7.70. The van der Waals surface area contributed by atoms with Gasteiger partial charge in [-0.15, -0.1) is 22.0 Å². The van der Waals surface area contributed by atoms with Crippen LogP contribution >= 0.6 is 23.5 Å².